The Bertz CT molecular complexity index is 384. The van der Waals surface area contributed by atoms with Gasteiger partial charge in [0.1, 0.15) is 5.82 Å². The quantitative estimate of drug-likeness (QED) is 0.679. The number of nitrogens with one attached hydrogen (secondary N) is 1. The van der Waals surface area contributed by atoms with E-state index in [4.69, 9.17) is 11.5 Å². The van der Waals surface area contributed by atoms with Crippen LogP contribution in [0.3, 0.4) is 0 Å². The SMILES string of the molecule is CC(C)(CC(N)=O)Nc1cc(N)cc(F)c1. The highest BCUT2D eigenvalue weighted by atomic mass is 19.1. The first-order valence-corrected chi connectivity index (χ1v) is 4.91. The number of primary amides is 1. The maximum absolute atomic E-state index is 13.1. The highest BCUT2D eigenvalue weighted by Crippen LogP contribution is 2.21. The van der Waals surface area contributed by atoms with Crippen molar-refractivity contribution in [2.75, 3.05) is 11.1 Å². The van der Waals surface area contributed by atoms with Crippen molar-refractivity contribution in [3.8, 4) is 0 Å². The Kier molecular flexibility index (Phi) is 3.37. The lowest BCUT2D eigenvalue weighted by Gasteiger charge is -2.26. The lowest BCUT2D eigenvalue weighted by atomic mass is 10.00. The van der Waals surface area contributed by atoms with Gasteiger partial charge in [-0.05, 0) is 32.0 Å². The largest absolute Gasteiger partial charge is 0.399 e. The maximum atomic E-state index is 13.1. The molecule has 0 radical (unpaired) electrons. The highest BCUT2D eigenvalue weighted by Gasteiger charge is 2.20. The summed E-state index contributed by atoms with van der Waals surface area (Å²) in [7, 11) is 0. The fraction of sp³-hybridized carbons (Fsp3) is 0.364. The van der Waals surface area contributed by atoms with E-state index in [1.54, 1.807) is 19.9 Å². The van der Waals surface area contributed by atoms with Crippen LogP contribution in [0.25, 0.3) is 0 Å². The summed E-state index contributed by atoms with van der Waals surface area (Å²) < 4.78 is 13.1. The molecule has 0 atom stereocenters. The Morgan fingerprint density at radius 1 is 1.44 bits per heavy atom. The molecule has 0 bridgehead atoms. The molecule has 16 heavy (non-hydrogen) atoms. The molecule has 1 aromatic rings. The first-order valence-electron chi connectivity index (χ1n) is 4.91. The number of hydrogen-bond donors (Lipinski definition) is 3. The number of anilines is 2. The van der Waals surface area contributed by atoms with Gasteiger partial charge in [-0.15, -0.1) is 0 Å². The minimum Gasteiger partial charge on any atom is -0.399 e. The number of nitrogen functional groups attached to an aromatic ring is 1. The van der Waals surface area contributed by atoms with Gasteiger partial charge in [-0.3, -0.25) is 4.79 Å². The number of carbonyl (C=O) groups is 1. The van der Waals surface area contributed by atoms with Crippen molar-refractivity contribution in [3.63, 3.8) is 0 Å². The van der Waals surface area contributed by atoms with Crippen LogP contribution < -0.4 is 16.8 Å². The number of carbonyl (C=O) groups excluding carboxylic acids is 1. The topological polar surface area (TPSA) is 81.1 Å². The van der Waals surface area contributed by atoms with Crippen LogP contribution in [0.5, 0.6) is 0 Å². The van der Waals surface area contributed by atoms with Crippen LogP contribution in [-0.4, -0.2) is 11.4 Å². The number of benzene rings is 1. The third-order valence-corrected chi connectivity index (χ3v) is 2.02. The summed E-state index contributed by atoms with van der Waals surface area (Å²) in [5, 5.41) is 3.01. The van der Waals surface area contributed by atoms with E-state index in [1.165, 1.54) is 12.1 Å². The van der Waals surface area contributed by atoms with Crippen LogP contribution in [0.1, 0.15) is 20.3 Å². The summed E-state index contributed by atoms with van der Waals surface area (Å²) >= 11 is 0. The minimum absolute atomic E-state index is 0.156. The van der Waals surface area contributed by atoms with E-state index in [9.17, 15) is 9.18 Å². The monoisotopic (exact) mass is 225 g/mol. The molecule has 0 heterocycles. The number of nitrogens with two attached hydrogens (primary N) is 2. The number of amides is 1. The molecule has 1 rings (SSSR count). The van der Waals surface area contributed by atoms with E-state index in [0.29, 0.717) is 11.4 Å². The van der Waals surface area contributed by atoms with Gasteiger partial charge in [0, 0.05) is 23.3 Å². The molecule has 0 aromatic heterocycles. The first-order chi connectivity index (χ1) is 7.28. The van der Waals surface area contributed by atoms with E-state index in [1.807, 2.05) is 0 Å². The maximum Gasteiger partial charge on any atom is 0.219 e. The predicted molar refractivity (Wildman–Crippen MR) is 62.3 cm³/mol. The Hall–Kier alpha value is -1.78. The summed E-state index contributed by atoms with van der Waals surface area (Å²) in [6.45, 7) is 3.61. The van der Waals surface area contributed by atoms with E-state index in [0.717, 1.165) is 0 Å². The number of halogens is 1. The summed E-state index contributed by atoms with van der Waals surface area (Å²) in [5.74, 6) is -0.834. The van der Waals surface area contributed by atoms with Gasteiger partial charge in [-0.2, -0.15) is 0 Å². The fourth-order valence-electron chi connectivity index (χ4n) is 1.56. The number of hydrogen-bond acceptors (Lipinski definition) is 3. The molecule has 0 spiro atoms. The lowest BCUT2D eigenvalue weighted by molar-refractivity contribution is -0.118. The fourth-order valence-corrected chi connectivity index (χ4v) is 1.56. The molecule has 0 unspecified atom stereocenters. The molecular formula is C11H16FN3O. The average molecular weight is 225 g/mol. The van der Waals surface area contributed by atoms with E-state index in [2.05, 4.69) is 5.32 Å². The van der Waals surface area contributed by atoms with Gasteiger partial charge in [-0.25, -0.2) is 4.39 Å². The molecule has 0 saturated heterocycles. The molecule has 1 amide bonds. The third kappa shape index (κ3) is 3.76. The van der Waals surface area contributed by atoms with E-state index < -0.39 is 17.3 Å². The second-order valence-corrected chi connectivity index (χ2v) is 4.43. The van der Waals surface area contributed by atoms with Gasteiger partial charge in [0.25, 0.3) is 0 Å². The normalized spacial score (nSPS) is 11.2. The Labute approximate surface area is 93.8 Å². The summed E-state index contributed by atoms with van der Waals surface area (Å²) in [5.41, 5.74) is 10.9. The molecule has 0 saturated carbocycles. The Morgan fingerprint density at radius 2 is 2.06 bits per heavy atom. The smallest absolute Gasteiger partial charge is 0.219 e. The van der Waals surface area contributed by atoms with Crippen LogP contribution in [0, 0.1) is 5.82 Å². The average Bonchev–Trinajstić information content (AvgIpc) is 1.95. The lowest BCUT2D eigenvalue weighted by Crippen LogP contribution is -2.36. The molecule has 0 aliphatic heterocycles. The van der Waals surface area contributed by atoms with Crippen molar-refractivity contribution >= 4 is 17.3 Å². The van der Waals surface area contributed by atoms with Crippen LogP contribution >= 0.6 is 0 Å². The van der Waals surface area contributed by atoms with Gasteiger partial charge in [-0.1, -0.05) is 0 Å². The van der Waals surface area contributed by atoms with Crippen LogP contribution in [0.2, 0.25) is 0 Å². The van der Waals surface area contributed by atoms with Crippen LogP contribution in [-0.2, 0) is 4.79 Å². The highest BCUT2D eigenvalue weighted by molar-refractivity contribution is 5.75. The first kappa shape index (κ1) is 12.3. The zero-order valence-electron chi connectivity index (χ0n) is 9.38. The van der Waals surface area contributed by atoms with Crippen molar-refractivity contribution in [3.05, 3.63) is 24.0 Å². The predicted octanol–water partition coefficient (Wildman–Crippen LogP) is 1.47. The van der Waals surface area contributed by atoms with Gasteiger partial charge in [0.05, 0.1) is 0 Å². The third-order valence-electron chi connectivity index (χ3n) is 2.02. The van der Waals surface area contributed by atoms with Crippen molar-refractivity contribution in [1.82, 2.24) is 0 Å². The van der Waals surface area contributed by atoms with Crippen molar-refractivity contribution in [2.45, 2.75) is 25.8 Å². The summed E-state index contributed by atoms with van der Waals surface area (Å²) in [6.07, 6.45) is 0.156. The van der Waals surface area contributed by atoms with Crippen molar-refractivity contribution in [2.24, 2.45) is 5.73 Å². The Morgan fingerprint density at radius 3 is 2.56 bits per heavy atom. The zero-order valence-corrected chi connectivity index (χ0v) is 9.38. The molecule has 5 heteroatoms. The summed E-state index contributed by atoms with van der Waals surface area (Å²) in [6, 6.07) is 4.15. The van der Waals surface area contributed by atoms with Gasteiger partial charge in [0.2, 0.25) is 5.91 Å². The molecule has 1 aromatic carbocycles. The van der Waals surface area contributed by atoms with Gasteiger partial charge in [0.15, 0.2) is 0 Å². The summed E-state index contributed by atoms with van der Waals surface area (Å²) in [4.78, 5) is 10.8. The van der Waals surface area contributed by atoms with E-state index >= 15 is 0 Å². The molecule has 5 N–H and O–H groups in total. The van der Waals surface area contributed by atoms with Crippen molar-refractivity contribution < 1.29 is 9.18 Å². The molecule has 88 valence electrons. The molecule has 0 aliphatic rings. The number of rotatable bonds is 4. The van der Waals surface area contributed by atoms with Crippen LogP contribution in [0.4, 0.5) is 15.8 Å². The molecule has 0 aliphatic carbocycles. The van der Waals surface area contributed by atoms with Crippen molar-refractivity contribution in [1.29, 1.82) is 0 Å². The van der Waals surface area contributed by atoms with Gasteiger partial charge >= 0.3 is 0 Å². The Balaban J connectivity index is 2.83. The molecule has 4 nitrogen and oxygen atoms in total. The zero-order chi connectivity index (χ0) is 12.3. The second-order valence-electron chi connectivity index (χ2n) is 4.43. The minimum atomic E-state index is -0.536. The molecular weight excluding hydrogens is 209 g/mol. The molecule has 0 fully saturated rings. The van der Waals surface area contributed by atoms with E-state index in [-0.39, 0.29) is 6.42 Å². The van der Waals surface area contributed by atoms with Gasteiger partial charge < -0.3 is 16.8 Å². The standard InChI is InChI=1S/C11H16FN3O/c1-11(2,6-10(14)16)15-9-4-7(12)3-8(13)5-9/h3-5,15H,6,13H2,1-2H3,(H2,14,16). The second kappa shape index (κ2) is 4.38. The van der Waals surface area contributed by atoms with Crippen LogP contribution in [0.15, 0.2) is 18.2 Å².